The fourth-order valence-electron chi connectivity index (χ4n) is 2.53. The van der Waals surface area contributed by atoms with Gasteiger partial charge in [0.15, 0.2) is 0 Å². The third-order valence-electron chi connectivity index (χ3n) is 4.14. The molecule has 5 heteroatoms. The first kappa shape index (κ1) is 26.6. The highest BCUT2D eigenvalue weighted by atomic mass is 16.5. The van der Waals surface area contributed by atoms with Gasteiger partial charge in [0.1, 0.15) is 6.10 Å². The van der Waals surface area contributed by atoms with Gasteiger partial charge in [0.05, 0.1) is 19.8 Å². The van der Waals surface area contributed by atoms with Crippen LogP contribution in [0, 0.1) is 0 Å². The third kappa shape index (κ3) is 20.9. The summed E-state index contributed by atoms with van der Waals surface area (Å²) < 4.78 is 5.13. The largest absolute Gasteiger partial charge is 0.394 e. The summed E-state index contributed by atoms with van der Waals surface area (Å²) in [6, 6.07) is 0. The number of nitrogens with one attached hydrogen (secondary N) is 1. The Balaban J connectivity index is 3.32. The van der Waals surface area contributed by atoms with Crippen LogP contribution in [0.2, 0.25) is 0 Å². The second-order valence-electron chi connectivity index (χ2n) is 6.86. The number of hydrogen-bond donors (Lipinski definition) is 3. The maximum Gasteiger partial charge on any atom is 0.220 e. The van der Waals surface area contributed by atoms with Gasteiger partial charge in [0.2, 0.25) is 5.91 Å². The van der Waals surface area contributed by atoms with Gasteiger partial charge in [-0.2, -0.15) is 0 Å². The second kappa shape index (κ2) is 21.9. The molecule has 1 atom stereocenters. The molecule has 5 nitrogen and oxygen atoms in total. The van der Waals surface area contributed by atoms with Crippen LogP contribution in [0.15, 0.2) is 36.5 Å². The predicted octanol–water partition coefficient (Wildman–Crippen LogP) is 4.06. The predicted molar refractivity (Wildman–Crippen MR) is 116 cm³/mol. The molecular weight excluding hydrogens is 354 g/mol. The van der Waals surface area contributed by atoms with Crippen molar-refractivity contribution in [3.8, 4) is 0 Å². The molecule has 0 heterocycles. The van der Waals surface area contributed by atoms with Crippen LogP contribution in [-0.2, 0) is 9.53 Å². The second-order valence-corrected chi connectivity index (χ2v) is 6.86. The summed E-state index contributed by atoms with van der Waals surface area (Å²) >= 11 is 0. The number of carbonyl (C=O) groups excluding carboxylic acids is 1. The molecule has 0 saturated carbocycles. The van der Waals surface area contributed by atoms with Crippen LogP contribution >= 0.6 is 0 Å². The van der Waals surface area contributed by atoms with Gasteiger partial charge in [0.25, 0.3) is 0 Å². The zero-order valence-corrected chi connectivity index (χ0v) is 17.7. The van der Waals surface area contributed by atoms with E-state index in [2.05, 4.69) is 48.7 Å². The Kier molecular flexibility index (Phi) is 20.7. The number of amides is 1. The standard InChI is InChI=1S/C23H41NO4/c1-2-3-4-5-6-7-8-9-10-11-12-13-14-15-16-17-23(27)24-18-19-28-21-22(26)20-25/h3-4,6-7,9-10,22,25-26H,2,5,8,11-21H2,1H3,(H,24,27)/b4-3+,7-6+,10-9+. The summed E-state index contributed by atoms with van der Waals surface area (Å²) in [7, 11) is 0. The molecule has 1 amide bonds. The summed E-state index contributed by atoms with van der Waals surface area (Å²) in [4.78, 5) is 11.7. The number of allylic oxidation sites excluding steroid dienone is 6. The van der Waals surface area contributed by atoms with Crippen molar-refractivity contribution in [2.45, 2.75) is 77.2 Å². The van der Waals surface area contributed by atoms with Gasteiger partial charge in [-0.15, -0.1) is 0 Å². The topological polar surface area (TPSA) is 78.8 Å². The van der Waals surface area contributed by atoms with E-state index in [1.165, 1.54) is 19.3 Å². The fourth-order valence-corrected chi connectivity index (χ4v) is 2.53. The average molecular weight is 396 g/mol. The first-order valence-corrected chi connectivity index (χ1v) is 10.8. The molecule has 0 aliphatic carbocycles. The van der Waals surface area contributed by atoms with Crippen molar-refractivity contribution in [1.82, 2.24) is 5.32 Å². The zero-order valence-electron chi connectivity index (χ0n) is 17.7. The van der Waals surface area contributed by atoms with E-state index in [9.17, 15) is 4.79 Å². The molecule has 0 aromatic carbocycles. The summed E-state index contributed by atoms with van der Waals surface area (Å²) in [6.07, 6.45) is 22.9. The molecule has 0 saturated heterocycles. The van der Waals surface area contributed by atoms with Crippen molar-refractivity contribution in [3.63, 3.8) is 0 Å². The van der Waals surface area contributed by atoms with E-state index in [-0.39, 0.29) is 19.1 Å². The molecule has 0 aromatic heterocycles. The van der Waals surface area contributed by atoms with Crippen LogP contribution in [0.4, 0.5) is 0 Å². The quantitative estimate of drug-likeness (QED) is 0.228. The number of aliphatic hydroxyl groups is 2. The minimum Gasteiger partial charge on any atom is -0.394 e. The maximum atomic E-state index is 11.7. The molecule has 0 bridgehead atoms. The summed E-state index contributed by atoms with van der Waals surface area (Å²) in [6.45, 7) is 2.72. The molecule has 1 unspecified atom stereocenters. The third-order valence-corrected chi connectivity index (χ3v) is 4.14. The number of aliphatic hydroxyl groups excluding tert-OH is 2. The molecule has 0 rings (SSSR count). The Bertz CT molecular complexity index is 432. The molecule has 0 aliphatic rings. The molecule has 0 spiro atoms. The van der Waals surface area contributed by atoms with E-state index in [0.717, 1.165) is 38.5 Å². The summed E-state index contributed by atoms with van der Waals surface area (Å²) in [5.74, 6) is 0.0486. The number of unbranched alkanes of at least 4 members (excludes halogenated alkanes) is 5. The van der Waals surface area contributed by atoms with Crippen molar-refractivity contribution < 1.29 is 19.7 Å². The van der Waals surface area contributed by atoms with Gasteiger partial charge in [-0.05, 0) is 38.5 Å². The van der Waals surface area contributed by atoms with Gasteiger partial charge in [0, 0.05) is 13.0 Å². The number of rotatable bonds is 19. The number of ether oxygens (including phenoxy) is 1. The van der Waals surface area contributed by atoms with Crippen molar-refractivity contribution in [2.24, 2.45) is 0 Å². The van der Waals surface area contributed by atoms with Crippen molar-refractivity contribution in [3.05, 3.63) is 36.5 Å². The van der Waals surface area contributed by atoms with Gasteiger partial charge >= 0.3 is 0 Å². The highest BCUT2D eigenvalue weighted by Crippen LogP contribution is 2.08. The highest BCUT2D eigenvalue weighted by molar-refractivity contribution is 5.75. The lowest BCUT2D eigenvalue weighted by Crippen LogP contribution is -2.28. The van der Waals surface area contributed by atoms with Crippen LogP contribution in [0.25, 0.3) is 0 Å². The molecule has 28 heavy (non-hydrogen) atoms. The zero-order chi connectivity index (χ0) is 20.7. The lowest BCUT2D eigenvalue weighted by atomic mass is 10.1. The Labute approximate surface area is 171 Å². The normalized spacial score (nSPS) is 13.1. The molecule has 3 N–H and O–H groups in total. The minimum absolute atomic E-state index is 0.0486. The van der Waals surface area contributed by atoms with Gasteiger partial charge in [-0.1, -0.05) is 62.6 Å². The van der Waals surface area contributed by atoms with Crippen LogP contribution < -0.4 is 5.32 Å². The van der Waals surface area contributed by atoms with Gasteiger partial charge in [-0.25, -0.2) is 0 Å². The highest BCUT2D eigenvalue weighted by Gasteiger charge is 2.03. The molecule has 162 valence electrons. The van der Waals surface area contributed by atoms with Crippen molar-refractivity contribution in [1.29, 1.82) is 0 Å². The van der Waals surface area contributed by atoms with Gasteiger partial charge in [-0.3, -0.25) is 4.79 Å². The summed E-state index contributed by atoms with van der Waals surface area (Å²) in [5.41, 5.74) is 0. The molecular formula is C23H41NO4. The lowest BCUT2D eigenvalue weighted by Gasteiger charge is -2.09. The van der Waals surface area contributed by atoms with Gasteiger partial charge < -0.3 is 20.3 Å². The van der Waals surface area contributed by atoms with Crippen molar-refractivity contribution >= 4 is 5.91 Å². The average Bonchev–Trinajstić information content (AvgIpc) is 2.70. The van der Waals surface area contributed by atoms with E-state index < -0.39 is 6.10 Å². The van der Waals surface area contributed by atoms with Crippen LogP contribution in [0.5, 0.6) is 0 Å². The number of carbonyl (C=O) groups is 1. The first-order chi connectivity index (χ1) is 13.7. The smallest absolute Gasteiger partial charge is 0.220 e. The molecule has 0 aliphatic heterocycles. The van der Waals surface area contributed by atoms with E-state index in [4.69, 9.17) is 14.9 Å². The van der Waals surface area contributed by atoms with Crippen LogP contribution in [-0.4, -0.2) is 48.6 Å². The Hall–Kier alpha value is -1.43. The summed E-state index contributed by atoms with van der Waals surface area (Å²) in [5, 5.41) is 20.5. The molecule has 0 radical (unpaired) electrons. The first-order valence-electron chi connectivity index (χ1n) is 10.8. The van der Waals surface area contributed by atoms with E-state index in [1.807, 2.05) is 0 Å². The molecule has 0 fully saturated rings. The molecule has 0 aromatic rings. The fraction of sp³-hybridized carbons (Fsp3) is 0.696. The van der Waals surface area contributed by atoms with Crippen LogP contribution in [0.1, 0.15) is 71.1 Å². The number of hydrogen-bond acceptors (Lipinski definition) is 4. The SMILES string of the molecule is CC/C=C/C/C=C/C/C=C/CCCCCCCC(=O)NCCOCC(O)CO. The minimum atomic E-state index is -0.846. The van der Waals surface area contributed by atoms with E-state index in [0.29, 0.717) is 19.6 Å². The van der Waals surface area contributed by atoms with E-state index in [1.54, 1.807) is 0 Å². The lowest BCUT2D eigenvalue weighted by molar-refractivity contribution is -0.121. The van der Waals surface area contributed by atoms with E-state index >= 15 is 0 Å². The Morgan fingerprint density at radius 2 is 1.61 bits per heavy atom. The monoisotopic (exact) mass is 395 g/mol. The Morgan fingerprint density at radius 3 is 2.32 bits per heavy atom. The maximum absolute atomic E-state index is 11.7. The Morgan fingerprint density at radius 1 is 0.964 bits per heavy atom. The van der Waals surface area contributed by atoms with Crippen molar-refractivity contribution in [2.75, 3.05) is 26.4 Å². The van der Waals surface area contributed by atoms with Crippen LogP contribution in [0.3, 0.4) is 0 Å².